The predicted octanol–water partition coefficient (Wildman–Crippen LogP) is 6.89. The molecule has 2 atom stereocenters. The van der Waals surface area contributed by atoms with Gasteiger partial charge in [-0.1, -0.05) is 51.4 Å². The Labute approximate surface area is 166 Å². The summed E-state index contributed by atoms with van der Waals surface area (Å²) in [7, 11) is 3.43. The van der Waals surface area contributed by atoms with Crippen molar-refractivity contribution in [1.82, 2.24) is 0 Å². The van der Waals surface area contributed by atoms with Gasteiger partial charge in [0.05, 0.1) is 0 Å². The molecule has 0 aliphatic rings. The van der Waals surface area contributed by atoms with Crippen molar-refractivity contribution < 1.29 is 14.2 Å². The minimum absolute atomic E-state index is 0.156. The first-order valence-electron chi connectivity index (χ1n) is 10.1. The number of halogens is 2. The summed E-state index contributed by atoms with van der Waals surface area (Å²) in [5.41, 5.74) is 0. The van der Waals surface area contributed by atoms with Crippen LogP contribution in [0, 0.1) is 0 Å². The third kappa shape index (κ3) is 17.6. The van der Waals surface area contributed by atoms with E-state index < -0.39 is 0 Å². The molecule has 0 aromatic carbocycles. The van der Waals surface area contributed by atoms with Crippen LogP contribution in [0.15, 0.2) is 0 Å². The first-order valence-corrected chi connectivity index (χ1v) is 11.2. The predicted molar refractivity (Wildman–Crippen MR) is 109 cm³/mol. The van der Waals surface area contributed by atoms with Crippen molar-refractivity contribution in [1.29, 1.82) is 0 Å². The van der Waals surface area contributed by atoms with E-state index in [2.05, 4.69) is 0 Å². The quantitative estimate of drug-likeness (QED) is 0.127. The smallest absolute Gasteiger partial charge is 0.160 e. The highest BCUT2D eigenvalue weighted by Gasteiger charge is 2.15. The van der Waals surface area contributed by atoms with Gasteiger partial charge < -0.3 is 14.2 Å². The molecule has 3 nitrogen and oxygen atoms in total. The minimum atomic E-state index is -0.156. The lowest BCUT2D eigenvalue weighted by molar-refractivity contribution is -0.233. The van der Waals surface area contributed by atoms with E-state index in [1.807, 2.05) is 0 Å². The lowest BCUT2D eigenvalue weighted by atomic mass is 10.1. The minimum Gasteiger partial charge on any atom is -0.356 e. The number of alkyl halides is 2. The second kappa shape index (κ2) is 20.8. The summed E-state index contributed by atoms with van der Waals surface area (Å²) in [4.78, 5) is 0. The number of hydrogen-bond acceptors (Lipinski definition) is 3. The molecule has 0 aromatic heterocycles. The molecule has 0 rings (SSSR count). The van der Waals surface area contributed by atoms with E-state index in [0.29, 0.717) is 0 Å². The fraction of sp³-hybridized carbons (Fsp3) is 1.00. The van der Waals surface area contributed by atoms with Crippen LogP contribution >= 0.6 is 23.2 Å². The van der Waals surface area contributed by atoms with Gasteiger partial charge >= 0.3 is 0 Å². The molecular formula is C20H40Cl2O3. The molecule has 152 valence electrons. The molecule has 0 N–H and O–H groups in total. The fourth-order valence-corrected chi connectivity index (χ4v) is 3.26. The maximum atomic E-state index is 5.96. The highest BCUT2D eigenvalue weighted by Crippen LogP contribution is 2.16. The van der Waals surface area contributed by atoms with Crippen molar-refractivity contribution >= 4 is 23.2 Å². The van der Waals surface area contributed by atoms with E-state index >= 15 is 0 Å². The second-order valence-electron chi connectivity index (χ2n) is 6.66. The monoisotopic (exact) mass is 398 g/mol. The summed E-state index contributed by atoms with van der Waals surface area (Å²) in [6, 6.07) is 0. The lowest BCUT2D eigenvalue weighted by Crippen LogP contribution is -2.25. The molecule has 0 aliphatic carbocycles. The highest BCUT2D eigenvalue weighted by atomic mass is 35.5. The molecule has 0 amide bonds. The molecule has 0 aromatic rings. The number of rotatable bonds is 20. The van der Waals surface area contributed by atoms with E-state index in [1.165, 1.54) is 51.4 Å². The van der Waals surface area contributed by atoms with Crippen molar-refractivity contribution in [3.05, 3.63) is 0 Å². The van der Waals surface area contributed by atoms with Crippen molar-refractivity contribution in [2.45, 2.75) is 102 Å². The summed E-state index contributed by atoms with van der Waals surface area (Å²) in [6.45, 7) is 0. The number of methoxy groups -OCH3 is 2. The average Bonchev–Trinajstić information content (AvgIpc) is 2.64. The first-order chi connectivity index (χ1) is 12.3. The van der Waals surface area contributed by atoms with E-state index in [1.54, 1.807) is 14.2 Å². The van der Waals surface area contributed by atoms with Crippen LogP contribution in [0.5, 0.6) is 0 Å². The van der Waals surface area contributed by atoms with Crippen molar-refractivity contribution in [3.63, 3.8) is 0 Å². The molecule has 0 spiro atoms. The third-order valence-electron chi connectivity index (χ3n) is 4.48. The van der Waals surface area contributed by atoms with Crippen LogP contribution in [0.2, 0.25) is 0 Å². The summed E-state index contributed by atoms with van der Waals surface area (Å²) in [6.07, 6.45) is 16.1. The Hall–Kier alpha value is 0.460. The van der Waals surface area contributed by atoms with Crippen molar-refractivity contribution in [2.24, 2.45) is 0 Å². The Bertz CT molecular complexity index is 231. The SMILES string of the molecule is COC(CCCCCCCCCl)OC(CCCCCCCCCl)OC. The largest absolute Gasteiger partial charge is 0.356 e. The van der Waals surface area contributed by atoms with E-state index in [9.17, 15) is 0 Å². The van der Waals surface area contributed by atoms with Crippen molar-refractivity contribution in [3.8, 4) is 0 Å². The van der Waals surface area contributed by atoms with Crippen LogP contribution in [-0.4, -0.2) is 38.6 Å². The van der Waals surface area contributed by atoms with Crippen LogP contribution in [-0.2, 0) is 14.2 Å². The highest BCUT2D eigenvalue weighted by molar-refractivity contribution is 6.18. The second-order valence-corrected chi connectivity index (χ2v) is 7.42. The van der Waals surface area contributed by atoms with Crippen LogP contribution < -0.4 is 0 Å². The fourth-order valence-electron chi connectivity index (χ4n) is 2.88. The van der Waals surface area contributed by atoms with Crippen LogP contribution in [0.3, 0.4) is 0 Å². The van der Waals surface area contributed by atoms with Gasteiger partial charge in [-0.15, -0.1) is 23.2 Å². The summed E-state index contributed by atoms with van der Waals surface area (Å²) >= 11 is 11.4. The lowest BCUT2D eigenvalue weighted by Gasteiger charge is -2.23. The Kier molecular flexibility index (Phi) is 21.2. The Morgan fingerprint density at radius 2 is 0.840 bits per heavy atom. The molecule has 5 heteroatoms. The van der Waals surface area contributed by atoms with Gasteiger partial charge in [0.15, 0.2) is 12.6 Å². The van der Waals surface area contributed by atoms with Gasteiger partial charge in [-0.25, -0.2) is 0 Å². The van der Waals surface area contributed by atoms with E-state index in [4.69, 9.17) is 37.4 Å². The van der Waals surface area contributed by atoms with Gasteiger partial charge in [0, 0.05) is 26.0 Å². The molecule has 0 fully saturated rings. The molecule has 0 bridgehead atoms. The topological polar surface area (TPSA) is 27.7 Å². The van der Waals surface area contributed by atoms with Crippen LogP contribution in [0.4, 0.5) is 0 Å². The van der Waals surface area contributed by atoms with Gasteiger partial charge in [-0.05, 0) is 38.5 Å². The van der Waals surface area contributed by atoms with Crippen LogP contribution in [0.1, 0.15) is 89.9 Å². The maximum Gasteiger partial charge on any atom is 0.160 e. The molecule has 0 aliphatic heterocycles. The molecule has 25 heavy (non-hydrogen) atoms. The maximum absolute atomic E-state index is 5.96. The van der Waals surface area contributed by atoms with Gasteiger partial charge in [0.25, 0.3) is 0 Å². The van der Waals surface area contributed by atoms with Gasteiger partial charge in [-0.2, -0.15) is 0 Å². The molecule has 0 saturated carbocycles. The van der Waals surface area contributed by atoms with E-state index in [-0.39, 0.29) is 12.6 Å². The van der Waals surface area contributed by atoms with Crippen LogP contribution in [0.25, 0.3) is 0 Å². The number of ether oxygens (including phenoxy) is 3. The Morgan fingerprint density at radius 1 is 0.520 bits per heavy atom. The van der Waals surface area contributed by atoms with Gasteiger partial charge in [0.2, 0.25) is 0 Å². The number of hydrogen-bond donors (Lipinski definition) is 0. The summed E-state index contributed by atoms with van der Waals surface area (Å²) in [5.74, 6) is 1.57. The molecule has 0 heterocycles. The zero-order chi connectivity index (χ0) is 18.6. The normalized spacial score (nSPS) is 13.9. The Morgan fingerprint density at radius 3 is 1.16 bits per heavy atom. The zero-order valence-corrected chi connectivity index (χ0v) is 18.0. The molecular weight excluding hydrogens is 359 g/mol. The van der Waals surface area contributed by atoms with Crippen molar-refractivity contribution in [2.75, 3.05) is 26.0 Å². The summed E-state index contributed by atoms with van der Waals surface area (Å²) < 4.78 is 16.9. The van der Waals surface area contributed by atoms with E-state index in [0.717, 1.165) is 50.3 Å². The third-order valence-corrected chi connectivity index (χ3v) is 5.01. The molecule has 0 saturated heterocycles. The standard InChI is InChI=1S/C20H40Cl2O3/c1-23-19(15-11-7-3-5-9-13-17-21)25-20(24-2)16-12-8-4-6-10-14-18-22/h19-20H,3-18H2,1-2H3. The average molecular weight is 399 g/mol. The van der Waals surface area contributed by atoms with Gasteiger partial charge in [0.1, 0.15) is 0 Å². The summed E-state index contributed by atoms with van der Waals surface area (Å²) in [5, 5.41) is 0. The molecule has 0 radical (unpaired) electrons. The molecule has 2 unspecified atom stereocenters. The zero-order valence-electron chi connectivity index (χ0n) is 16.4. The number of unbranched alkanes of at least 4 members (excludes halogenated alkanes) is 10. The van der Waals surface area contributed by atoms with Gasteiger partial charge in [-0.3, -0.25) is 0 Å². The first kappa shape index (κ1) is 25.5. The Balaban J connectivity index is 3.67.